The largest absolute Gasteiger partial charge is 0.377 e. The minimum Gasteiger partial charge on any atom is -0.377 e. The molecule has 0 radical (unpaired) electrons. The smallest absolute Gasteiger partial charge is 0.146 e. The standard InChI is InChI=1S/C11H12BrFN4/c1-2-17-11(15-7-16-17)6-14-10-4-3-8(13)5-9(10)12/h3-5,7,14H,2,6H2,1H3. The minimum atomic E-state index is -0.265. The number of aryl methyl sites for hydroxylation is 1. The number of rotatable bonds is 4. The van der Waals surface area contributed by atoms with Crippen molar-refractivity contribution in [2.24, 2.45) is 0 Å². The summed E-state index contributed by atoms with van der Waals surface area (Å²) in [7, 11) is 0. The van der Waals surface area contributed by atoms with Crippen LogP contribution < -0.4 is 5.32 Å². The van der Waals surface area contributed by atoms with E-state index in [1.165, 1.54) is 18.5 Å². The molecule has 4 nitrogen and oxygen atoms in total. The summed E-state index contributed by atoms with van der Waals surface area (Å²) in [4.78, 5) is 4.15. The minimum absolute atomic E-state index is 0.265. The van der Waals surface area contributed by atoms with Crippen molar-refractivity contribution in [3.63, 3.8) is 0 Å². The molecule has 0 spiro atoms. The molecule has 0 aliphatic carbocycles. The summed E-state index contributed by atoms with van der Waals surface area (Å²) in [5.74, 6) is 0.586. The molecular formula is C11H12BrFN4. The zero-order valence-electron chi connectivity index (χ0n) is 9.32. The number of benzene rings is 1. The molecule has 0 bridgehead atoms. The zero-order chi connectivity index (χ0) is 12.3. The van der Waals surface area contributed by atoms with Gasteiger partial charge in [0.1, 0.15) is 18.0 Å². The van der Waals surface area contributed by atoms with E-state index >= 15 is 0 Å². The molecule has 0 saturated carbocycles. The second-order valence-electron chi connectivity index (χ2n) is 3.47. The van der Waals surface area contributed by atoms with E-state index < -0.39 is 0 Å². The number of halogens is 2. The Morgan fingerprint density at radius 1 is 1.47 bits per heavy atom. The number of aromatic nitrogens is 3. The average Bonchev–Trinajstić information content (AvgIpc) is 2.75. The van der Waals surface area contributed by atoms with E-state index in [4.69, 9.17) is 0 Å². The van der Waals surface area contributed by atoms with Crippen molar-refractivity contribution in [2.45, 2.75) is 20.0 Å². The Morgan fingerprint density at radius 3 is 3.00 bits per heavy atom. The van der Waals surface area contributed by atoms with Crippen LogP contribution in [0.3, 0.4) is 0 Å². The Hall–Kier alpha value is -1.43. The number of nitrogens with one attached hydrogen (secondary N) is 1. The molecule has 0 saturated heterocycles. The molecule has 0 fully saturated rings. The van der Waals surface area contributed by atoms with Gasteiger partial charge in [0.2, 0.25) is 0 Å². The van der Waals surface area contributed by atoms with Crippen LogP contribution in [0.15, 0.2) is 29.0 Å². The van der Waals surface area contributed by atoms with E-state index in [1.807, 2.05) is 11.6 Å². The van der Waals surface area contributed by atoms with Crippen molar-refractivity contribution in [2.75, 3.05) is 5.32 Å². The molecule has 2 aromatic rings. The summed E-state index contributed by atoms with van der Waals surface area (Å²) in [5.41, 5.74) is 0.831. The summed E-state index contributed by atoms with van der Waals surface area (Å²) in [6.45, 7) is 3.34. The van der Waals surface area contributed by atoms with Crippen molar-refractivity contribution < 1.29 is 4.39 Å². The molecule has 0 unspecified atom stereocenters. The van der Waals surface area contributed by atoms with Gasteiger partial charge in [-0.15, -0.1) is 0 Å². The average molecular weight is 299 g/mol. The first-order valence-electron chi connectivity index (χ1n) is 5.26. The third-order valence-electron chi connectivity index (χ3n) is 2.36. The van der Waals surface area contributed by atoms with E-state index in [9.17, 15) is 4.39 Å². The van der Waals surface area contributed by atoms with Gasteiger partial charge in [-0.1, -0.05) is 0 Å². The van der Waals surface area contributed by atoms with E-state index in [2.05, 4.69) is 31.3 Å². The first kappa shape index (κ1) is 12.0. The van der Waals surface area contributed by atoms with Crippen molar-refractivity contribution in [1.82, 2.24) is 14.8 Å². The lowest BCUT2D eigenvalue weighted by molar-refractivity contribution is 0.621. The normalized spacial score (nSPS) is 10.5. The van der Waals surface area contributed by atoms with Crippen LogP contribution in [0.25, 0.3) is 0 Å². The summed E-state index contributed by atoms with van der Waals surface area (Å²) >= 11 is 3.30. The quantitative estimate of drug-likeness (QED) is 0.944. The first-order chi connectivity index (χ1) is 8.20. The van der Waals surface area contributed by atoms with E-state index in [1.54, 1.807) is 6.07 Å². The SMILES string of the molecule is CCn1ncnc1CNc1ccc(F)cc1Br. The molecule has 0 aliphatic rings. The Labute approximate surface area is 107 Å². The Morgan fingerprint density at radius 2 is 2.29 bits per heavy atom. The number of hydrogen-bond donors (Lipinski definition) is 1. The van der Waals surface area contributed by atoms with Crippen LogP contribution in [-0.4, -0.2) is 14.8 Å². The van der Waals surface area contributed by atoms with Crippen molar-refractivity contribution >= 4 is 21.6 Å². The lowest BCUT2D eigenvalue weighted by atomic mass is 10.3. The maximum Gasteiger partial charge on any atom is 0.146 e. The topological polar surface area (TPSA) is 42.7 Å². The van der Waals surface area contributed by atoms with Gasteiger partial charge < -0.3 is 5.32 Å². The van der Waals surface area contributed by atoms with E-state index in [-0.39, 0.29) is 5.82 Å². The van der Waals surface area contributed by atoms with Gasteiger partial charge >= 0.3 is 0 Å². The maximum atomic E-state index is 12.9. The highest BCUT2D eigenvalue weighted by atomic mass is 79.9. The summed E-state index contributed by atoms with van der Waals surface area (Å²) in [6, 6.07) is 4.52. The lowest BCUT2D eigenvalue weighted by Gasteiger charge is -2.08. The van der Waals surface area contributed by atoms with Gasteiger partial charge in [0, 0.05) is 16.7 Å². The van der Waals surface area contributed by atoms with Gasteiger partial charge in [-0.25, -0.2) is 14.1 Å². The van der Waals surface area contributed by atoms with Gasteiger partial charge in [0.05, 0.1) is 6.54 Å². The predicted molar refractivity (Wildman–Crippen MR) is 67.1 cm³/mol. The van der Waals surface area contributed by atoms with Gasteiger partial charge in [-0.3, -0.25) is 0 Å². The second-order valence-corrected chi connectivity index (χ2v) is 4.32. The molecule has 1 N–H and O–H groups in total. The molecule has 17 heavy (non-hydrogen) atoms. The second kappa shape index (κ2) is 5.27. The lowest BCUT2D eigenvalue weighted by Crippen LogP contribution is -2.09. The molecule has 90 valence electrons. The predicted octanol–water partition coefficient (Wildman–Crippen LogP) is 2.81. The fraction of sp³-hybridized carbons (Fsp3) is 0.273. The summed E-state index contributed by atoms with van der Waals surface area (Å²) in [6.07, 6.45) is 1.53. The summed E-state index contributed by atoms with van der Waals surface area (Å²) in [5, 5.41) is 7.26. The van der Waals surface area contributed by atoms with E-state index in [0.717, 1.165) is 18.1 Å². The molecule has 2 rings (SSSR count). The molecule has 0 aliphatic heterocycles. The number of hydrogen-bond acceptors (Lipinski definition) is 3. The molecular weight excluding hydrogens is 287 g/mol. The molecule has 0 atom stereocenters. The monoisotopic (exact) mass is 298 g/mol. The Balaban J connectivity index is 2.07. The Bertz CT molecular complexity index is 512. The first-order valence-corrected chi connectivity index (χ1v) is 6.05. The van der Waals surface area contributed by atoms with Gasteiger partial charge in [0.25, 0.3) is 0 Å². The zero-order valence-corrected chi connectivity index (χ0v) is 10.9. The van der Waals surface area contributed by atoms with Crippen molar-refractivity contribution in [1.29, 1.82) is 0 Å². The van der Waals surface area contributed by atoms with Crippen LogP contribution >= 0.6 is 15.9 Å². The summed E-state index contributed by atoms with van der Waals surface area (Å²) < 4.78 is 15.4. The van der Waals surface area contributed by atoms with Gasteiger partial charge in [-0.05, 0) is 41.1 Å². The van der Waals surface area contributed by atoms with Crippen molar-refractivity contribution in [3.8, 4) is 0 Å². The van der Waals surface area contributed by atoms with E-state index in [0.29, 0.717) is 11.0 Å². The fourth-order valence-electron chi connectivity index (χ4n) is 1.50. The molecule has 0 amide bonds. The van der Waals surface area contributed by atoms with Crippen LogP contribution in [0.2, 0.25) is 0 Å². The van der Waals surface area contributed by atoms with Crippen LogP contribution in [0.4, 0.5) is 10.1 Å². The third-order valence-corrected chi connectivity index (χ3v) is 3.02. The van der Waals surface area contributed by atoms with Crippen LogP contribution in [0, 0.1) is 5.82 Å². The Kier molecular flexibility index (Phi) is 3.73. The molecule has 1 aromatic heterocycles. The third kappa shape index (κ3) is 2.82. The van der Waals surface area contributed by atoms with Gasteiger partial charge in [0.15, 0.2) is 0 Å². The molecule has 1 heterocycles. The molecule has 6 heteroatoms. The number of anilines is 1. The van der Waals surface area contributed by atoms with Crippen molar-refractivity contribution in [3.05, 3.63) is 40.6 Å². The number of nitrogens with zero attached hydrogens (tertiary/aromatic N) is 3. The fourth-order valence-corrected chi connectivity index (χ4v) is 1.99. The maximum absolute atomic E-state index is 12.9. The highest BCUT2D eigenvalue weighted by molar-refractivity contribution is 9.10. The molecule has 1 aromatic carbocycles. The highest BCUT2D eigenvalue weighted by Crippen LogP contribution is 2.23. The van der Waals surface area contributed by atoms with Crippen LogP contribution in [0.1, 0.15) is 12.7 Å². The highest BCUT2D eigenvalue weighted by Gasteiger charge is 2.04. The van der Waals surface area contributed by atoms with Crippen LogP contribution in [0.5, 0.6) is 0 Å². The van der Waals surface area contributed by atoms with Crippen LogP contribution in [-0.2, 0) is 13.1 Å². The van der Waals surface area contributed by atoms with Gasteiger partial charge in [-0.2, -0.15) is 5.10 Å².